The zero-order valence-electron chi connectivity index (χ0n) is 15.4. The number of carbonyl (C=O) groups is 3. The second-order valence-corrected chi connectivity index (χ2v) is 6.75. The highest BCUT2D eigenvalue weighted by molar-refractivity contribution is 8.17. The fourth-order valence-corrected chi connectivity index (χ4v) is 2.81. The molecule has 2 amide bonds. The molecular formula is C19H15F3N2O5S. The van der Waals surface area contributed by atoms with Crippen LogP contribution in [-0.4, -0.2) is 24.5 Å². The molecule has 0 aliphatic carbocycles. The van der Waals surface area contributed by atoms with Gasteiger partial charge in [-0.2, -0.15) is 13.2 Å². The number of alkyl halides is 3. The van der Waals surface area contributed by atoms with Crippen molar-refractivity contribution in [2.24, 2.45) is 11.5 Å². The maximum atomic E-state index is 13.4. The molecule has 0 saturated carbocycles. The highest BCUT2D eigenvalue weighted by Crippen LogP contribution is 2.41. The summed E-state index contributed by atoms with van der Waals surface area (Å²) in [7, 11) is 1.27. The molecule has 2 aromatic carbocycles. The summed E-state index contributed by atoms with van der Waals surface area (Å²) >= 11 is 0.520. The van der Waals surface area contributed by atoms with Gasteiger partial charge >= 0.3 is 6.18 Å². The molecule has 11 heteroatoms. The van der Waals surface area contributed by atoms with Gasteiger partial charge in [-0.15, -0.1) is 0 Å². The molecule has 158 valence electrons. The highest BCUT2D eigenvalue weighted by atomic mass is 32.2. The van der Waals surface area contributed by atoms with E-state index in [4.69, 9.17) is 20.9 Å². The van der Waals surface area contributed by atoms with Crippen LogP contribution >= 0.6 is 11.8 Å². The molecule has 7 nitrogen and oxygen atoms in total. The Morgan fingerprint density at radius 2 is 1.70 bits per heavy atom. The van der Waals surface area contributed by atoms with Crippen LogP contribution in [0.2, 0.25) is 0 Å². The van der Waals surface area contributed by atoms with Crippen molar-refractivity contribution in [3.63, 3.8) is 0 Å². The first-order chi connectivity index (χ1) is 14.0. The van der Waals surface area contributed by atoms with E-state index in [1.165, 1.54) is 31.4 Å². The molecule has 0 saturated heterocycles. The fraction of sp³-hybridized carbons (Fsp3) is 0.105. The number of carbonyl (C=O) groups excluding carboxylic acids is 3. The van der Waals surface area contributed by atoms with Crippen molar-refractivity contribution in [2.45, 2.75) is 6.18 Å². The van der Waals surface area contributed by atoms with Crippen molar-refractivity contribution < 1.29 is 37.0 Å². The van der Waals surface area contributed by atoms with Gasteiger partial charge in [-0.05, 0) is 53.7 Å². The minimum atomic E-state index is -4.80. The Morgan fingerprint density at radius 1 is 1.03 bits per heavy atom. The molecule has 0 aromatic heterocycles. The number of halogens is 3. The van der Waals surface area contributed by atoms with Gasteiger partial charge in [-0.3, -0.25) is 14.4 Å². The summed E-state index contributed by atoms with van der Waals surface area (Å²) in [6.07, 6.45) is -3.03. The molecule has 0 aliphatic rings. The van der Waals surface area contributed by atoms with Gasteiger partial charge in [0.25, 0.3) is 5.24 Å². The number of benzene rings is 2. The highest BCUT2D eigenvalue weighted by Gasteiger charge is 2.35. The minimum Gasteiger partial charge on any atom is -0.493 e. The van der Waals surface area contributed by atoms with E-state index in [-0.39, 0.29) is 22.0 Å². The zero-order chi connectivity index (χ0) is 22.5. The lowest BCUT2D eigenvalue weighted by molar-refractivity contribution is -0.138. The molecule has 0 bridgehead atoms. The molecule has 4 N–H and O–H groups in total. The summed E-state index contributed by atoms with van der Waals surface area (Å²) in [6.45, 7) is 0. The van der Waals surface area contributed by atoms with E-state index < -0.39 is 28.6 Å². The van der Waals surface area contributed by atoms with Crippen LogP contribution in [0.15, 0.2) is 41.3 Å². The average Bonchev–Trinajstić information content (AvgIpc) is 2.67. The van der Waals surface area contributed by atoms with Gasteiger partial charge in [0.15, 0.2) is 17.8 Å². The molecule has 0 unspecified atom stereocenters. The summed E-state index contributed by atoms with van der Waals surface area (Å²) in [5.41, 5.74) is 8.97. The number of aldehydes is 1. The van der Waals surface area contributed by atoms with Crippen molar-refractivity contribution in [2.75, 3.05) is 7.11 Å². The van der Waals surface area contributed by atoms with E-state index in [1.54, 1.807) is 0 Å². The van der Waals surface area contributed by atoms with Gasteiger partial charge in [0.2, 0.25) is 5.91 Å². The number of hydrogen-bond acceptors (Lipinski definition) is 6. The third-order valence-corrected chi connectivity index (χ3v) is 4.27. The van der Waals surface area contributed by atoms with Crippen molar-refractivity contribution >= 4 is 35.3 Å². The lowest BCUT2D eigenvalue weighted by Crippen LogP contribution is -2.14. The van der Waals surface area contributed by atoms with E-state index in [9.17, 15) is 27.6 Å². The summed E-state index contributed by atoms with van der Waals surface area (Å²) in [5.74, 6) is -1.57. The van der Waals surface area contributed by atoms with Crippen molar-refractivity contribution in [3.8, 4) is 17.2 Å². The van der Waals surface area contributed by atoms with Crippen molar-refractivity contribution in [1.82, 2.24) is 0 Å². The molecule has 0 radical (unpaired) electrons. The van der Waals surface area contributed by atoms with Crippen LogP contribution < -0.4 is 20.9 Å². The van der Waals surface area contributed by atoms with E-state index >= 15 is 0 Å². The standard InChI is InChI=1S/C19H15F3N2O5S/c1-28-16-7-10(6-12(9-25)30-18(24)27)2-4-15(16)29-14-5-3-11(17(23)26)8-13(14)19(20,21)22/h2-9H,1H3,(H2,23,26)(H2,24,27)/b12-6-. The number of methoxy groups -OCH3 is 1. The minimum absolute atomic E-state index is 0.0274. The molecule has 0 fully saturated rings. The second-order valence-electron chi connectivity index (χ2n) is 5.67. The number of primary amides is 2. The number of hydrogen-bond donors (Lipinski definition) is 2. The van der Waals surface area contributed by atoms with Crippen LogP contribution in [0.1, 0.15) is 21.5 Å². The first kappa shape index (κ1) is 22.8. The quantitative estimate of drug-likeness (QED) is 0.497. The Morgan fingerprint density at radius 3 is 2.23 bits per heavy atom. The third-order valence-electron chi connectivity index (χ3n) is 3.62. The number of rotatable bonds is 7. The Balaban J connectivity index is 2.44. The van der Waals surface area contributed by atoms with E-state index in [2.05, 4.69) is 0 Å². The third kappa shape index (κ3) is 5.77. The largest absolute Gasteiger partial charge is 0.493 e. The van der Waals surface area contributed by atoms with Crippen LogP contribution in [0.3, 0.4) is 0 Å². The molecule has 0 heterocycles. The summed E-state index contributed by atoms with van der Waals surface area (Å²) < 4.78 is 50.7. The van der Waals surface area contributed by atoms with Crippen LogP contribution in [-0.2, 0) is 11.0 Å². The van der Waals surface area contributed by atoms with Crippen LogP contribution in [0, 0.1) is 0 Å². The van der Waals surface area contributed by atoms with E-state index in [0.717, 1.165) is 12.1 Å². The van der Waals surface area contributed by atoms with Crippen LogP contribution in [0.25, 0.3) is 6.08 Å². The predicted octanol–water partition coefficient (Wildman–Crippen LogP) is 3.96. The number of thioether (sulfide) groups is 1. The lowest BCUT2D eigenvalue weighted by atomic mass is 10.1. The second kappa shape index (κ2) is 9.35. The van der Waals surface area contributed by atoms with E-state index in [0.29, 0.717) is 29.7 Å². The van der Waals surface area contributed by atoms with Gasteiger partial charge in [0, 0.05) is 5.56 Å². The van der Waals surface area contributed by atoms with Gasteiger partial charge in [0.1, 0.15) is 5.75 Å². The fourth-order valence-electron chi connectivity index (χ4n) is 2.34. The number of amides is 2. The first-order valence-electron chi connectivity index (χ1n) is 8.06. The molecule has 2 rings (SSSR count). The van der Waals surface area contributed by atoms with Crippen molar-refractivity contribution in [3.05, 3.63) is 58.0 Å². The topological polar surface area (TPSA) is 122 Å². The summed E-state index contributed by atoms with van der Waals surface area (Å²) in [5, 5.41) is -0.778. The number of allylic oxidation sites excluding steroid dienone is 1. The van der Waals surface area contributed by atoms with Crippen LogP contribution in [0.5, 0.6) is 17.2 Å². The Hall–Kier alpha value is -3.47. The maximum Gasteiger partial charge on any atom is 0.420 e. The smallest absolute Gasteiger partial charge is 0.420 e. The van der Waals surface area contributed by atoms with Gasteiger partial charge in [-0.1, -0.05) is 6.07 Å². The molecule has 0 spiro atoms. The summed E-state index contributed by atoms with van der Waals surface area (Å²) in [4.78, 5) is 33.2. The Bertz CT molecular complexity index is 1020. The average molecular weight is 440 g/mol. The zero-order valence-corrected chi connectivity index (χ0v) is 16.2. The SMILES string of the molecule is COc1cc(/C=C(/C=O)SC(N)=O)ccc1Oc1ccc(C(N)=O)cc1C(F)(F)F. The molecule has 30 heavy (non-hydrogen) atoms. The normalized spacial score (nSPS) is 11.7. The first-order valence-corrected chi connectivity index (χ1v) is 8.88. The van der Waals surface area contributed by atoms with Crippen LogP contribution in [0.4, 0.5) is 18.0 Å². The number of nitrogens with two attached hydrogens (primary N) is 2. The van der Waals surface area contributed by atoms with Gasteiger partial charge < -0.3 is 20.9 Å². The summed E-state index contributed by atoms with van der Waals surface area (Å²) in [6, 6.07) is 6.83. The maximum absolute atomic E-state index is 13.4. The monoisotopic (exact) mass is 440 g/mol. The van der Waals surface area contributed by atoms with Gasteiger partial charge in [0.05, 0.1) is 17.6 Å². The predicted molar refractivity (Wildman–Crippen MR) is 104 cm³/mol. The molecular weight excluding hydrogens is 425 g/mol. The Labute approximate surface area is 172 Å². The van der Waals surface area contributed by atoms with Gasteiger partial charge in [-0.25, -0.2) is 0 Å². The molecule has 0 atom stereocenters. The molecule has 2 aromatic rings. The Kier molecular flexibility index (Phi) is 7.11. The van der Waals surface area contributed by atoms with E-state index in [1.807, 2.05) is 0 Å². The molecule has 0 aliphatic heterocycles. The van der Waals surface area contributed by atoms with Crippen molar-refractivity contribution in [1.29, 1.82) is 0 Å². The lowest BCUT2D eigenvalue weighted by Gasteiger charge is -2.16. The number of ether oxygens (including phenoxy) is 2.